The number of hydrogen-bond donors (Lipinski definition) is 2. The molecule has 3 N–H and O–H groups in total. The van der Waals surface area contributed by atoms with E-state index in [4.69, 9.17) is 5.73 Å². The predicted molar refractivity (Wildman–Crippen MR) is 86.4 cm³/mol. The van der Waals surface area contributed by atoms with Crippen molar-refractivity contribution in [3.63, 3.8) is 0 Å². The van der Waals surface area contributed by atoms with Crippen molar-refractivity contribution in [1.82, 2.24) is 9.88 Å². The second-order valence-corrected chi connectivity index (χ2v) is 5.99. The number of rotatable bonds is 7. The van der Waals surface area contributed by atoms with E-state index in [9.17, 15) is 5.11 Å². The maximum absolute atomic E-state index is 9.33. The smallest absolute Gasteiger partial charge is 0.128 e. The van der Waals surface area contributed by atoms with Crippen LogP contribution in [0.25, 0.3) is 0 Å². The van der Waals surface area contributed by atoms with Crippen molar-refractivity contribution in [3.8, 4) is 0 Å². The van der Waals surface area contributed by atoms with Crippen molar-refractivity contribution < 1.29 is 5.11 Å². The Morgan fingerprint density at radius 2 is 2.05 bits per heavy atom. The molecule has 1 aliphatic rings. The van der Waals surface area contributed by atoms with Gasteiger partial charge in [0.1, 0.15) is 5.82 Å². The third-order valence-electron chi connectivity index (χ3n) is 4.51. The minimum Gasteiger partial charge on any atom is -0.394 e. The third-order valence-corrected chi connectivity index (χ3v) is 4.51. The van der Waals surface area contributed by atoms with Gasteiger partial charge in [0.25, 0.3) is 0 Å². The highest BCUT2D eigenvalue weighted by atomic mass is 16.3. The van der Waals surface area contributed by atoms with Gasteiger partial charge in [0.2, 0.25) is 0 Å². The summed E-state index contributed by atoms with van der Waals surface area (Å²) in [6.45, 7) is 7.38. The van der Waals surface area contributed by atoms with E-state index in [0.29, 0.717) is 0 Å². The Hall–Kier alpha value is -1.17. The fourth-order valence-corrected chi connectivity index (χ4v) is 2.76. The van der Waals surface area contributed by atoms with Crippen LogP contribution in [0, 0.1) is 0 Å². The van der Waals surface area contributed by atoms with Gasteiger partial charge in [0, 0.05) is 37.9 Å². The summed E-state index contributed by atoms with van der Waals surface area (Å²) in [5, 5.41) is 9.33. The molecule has 0 saturated carbocycles. The number of aliphatic hydroxyl groups is 1. The summed E-state index contributed by atoms with van der Waals surface area (Å²) in [4.78, 5) is 9.22. The molecule has 1 saturated heterocycles. The lowest BCUT2D eigenvalue weighted by atomic mass is 9.92. The summed E-state index contributed by atoms with van der Waals surface area (Å²) in [6, 6.07) is 6.06. The molecule has 5 heteroatoms. The summed E-state index contributed by atoms with van der Waals surface area (Å²) in [7, 11) is 0. The van der Waals surface area contributed by atoms with Gasteiger partial charge in [0.15, 0.2) is 0 Å². The van der Waals surface area contributed by atoms with Crippen molar-refractivity contribution in [2.45, 2.75) is 31.7 Å². The largest absolute Gasteiger partial charge is 0.394 e. The van der Waals surface area contributed by atoms with Crippen molar-refractivity contribution in [2.75, 3.05) is 44.2 Å². The van der Waals surface area contributed by atoms with Gasteiger partial charge >= 0.3 is 0 Å². The Morgan fingerprint density at radius 3 is 2.62 bits per heavy atom. The molecule has 0 amide bonds. The summed E-state index contributed by atoms with van der Waals surface area (Å²) < 4.78 is 0. The number of nitrogens with two attached hydrogens (primary N) is 1. The molecular weight excluding hydrogens is 264 g/mol. The maximum atomic E-state index is 9.33. The third kappa shape index (κ3) is 4.66. The molecule has 21 heavy (non-hydrogen) atoms. The SMILES string of the molecule is CCC(N)(CO)CCCN1CCN(c2ccccn2)CC1. The first-order valence-corrected chi connectivity index (χ1v) is 7.95. The highest BCUT2D eigenvalue weighted by molar-refractivity contribution is 5.38. The van der Waals surface area contributed by atoms with Gasteiger partial charge in [-0.05, 0) is 37.9 Å². The topological polar surface area (TPSA) is 65.6 Å². The normalized spacial score (nSPS) is 19.5. The van der Waals surface area contributed by atoms with Crippen LogP contribution in [0.3, 0.4) is 0 Å². The molecule has 1 atom stereocenters. The van der Waals surface area contributed by atoms with Gasteiger partial charge in [-0.2, -0.15) is 0 Å². The minimum absolute atomic E-state index is 0.0803. The van der Waals surface area contributed by atoms with E-state index < -0.39 is 5.54 Å². The average Bonchev–Trinajstić information content (AvgIpc) is 2.56. The van der Waals surface area contributed by atoms with Gasteiger partial charge in [0.05, 0.1) is 6.61 Å². The molecule has 0 aliphatic carbocycles. The van der Waals surface area contributed by atoms with Crippen LogP contribution < -0.4 is 10.6 Å². The molecule has 2 rings (SSSR count). The Bertz CT molecular complexity index is 400. The van der Waals surface area contributed by atoms with E-state index in [-0.39, 0.29) is 6.61 Å². The molecule has 1 unspecified atom stereocenters. The highest BCUT2D eigenvalue weighted by Gasteiger charge is 2.22. The minimum atomic E-state index is -0.393. The van der Waals surface area contributed by atoms with E-state index in [0.717, 1.165) is 57.8 Å². The second-order valence-electron chi connectivity index (χ2n) is 5.99. The molecular formula is C16H28N4O. The van der Waals surface area contributed by atoms with Crippen LogP contribution in [0.5, 0.6) is 0 Å². The molecule has 1 aromatic heterocycles. The number of piperazine rings is 1. The zero-order chi connectivity index (χ0) is 15.1. The van der Waals surface area contributed by atoms with Crippen LogP contribution >= 0.6 is 0 Å². The van der Waals surface area contributed by atoms with Crippen molar-refractivity contribution in [2.24, 2.45) is 5.73 Å². The lowest BCUT2D eigenvalue weighted by Crippen LogP contribution is -2.48. The Balaban J connectivity index is 1.70. The van der Waals surface area contributed by atoms with Crippen molar-refractivity contribution >= 4 is 5.82 Å². The quantitative estimate of drug-likeness (QED) is 0.787. The van der Waals surface area contributed by atoms with Gasteiger partial charge in [-0.25, -0.2) is 4.98 Å². The summed E-state index contributed by atoms with van der Waals surface area (Å²) in [5.41, 5.74) is 5.73. The van der Waals surface area contributed by atoms with Crippen LogP contribution in [-0.2, 0) is 0 Å². The van der Waals surface area contributed by atoms with Crippen molar-refractivity contribution in [3.05, 3.63) is 24.4 Å². The van der Waals surface area contributed by atoms with E-state index in [2.05, 4.69) is 20.9 Å². The van der Waals surface area contributed by atoms with E-state index in [1.165, 1.54) is 0 Å². The lowest BCUT2D eigenvalue weighted by Gasteiger charge is -2.36. The maximum Gasteiger partial charge on any atom is 0.128 e. The van der Waals surface area contributed by atoms with Crippen LogP contribution in [0.15, 0.2) is 24.4 Å². The highest BCUT2D eigenvalue weighted by Crippen LogP contribution is 2.16. The number of nitrogens with zero attached hydrogens (tertiary/aromatic N) is 3. The number of anilines is 1. The van der Waals surface area contributed by atoms with Crippen LogP contribution in [-0.4, -0.2) is 59.9 Å². The Labute approximate surface area is 127 Å². The van der Waals surface area contributed by atoms with E-state index >= 15 is 0 Å². The Morgan fingerprint density at radius 1 is 1.29 bits per heavy atom. The number of pyridine rings is 1. The molecule has 1 aromatic rings. The Kier molecular flexibility index (Phi) is 5.96. The summed E-state index contributed by atoms with van der Waals surface area (Å²) in [6.07, 6.45) is 4.62. The van der Waals surface area contributed by atoms with Crippen LogP contribution in [0.1, 0.15) is 26.2 Å². The van der Waals surface area contributed by atoms with E-state index in [1.807, 2.05) is 25.3 Å². The molecule has 1 aliphatic heterocycles. The first-order chi connectivity index (χ1) is 10.2. The first kappa shape index (κ1) is 16.2. The van der Waals surface area contributed by atoms with Gasteiger partial charge < -0.3 is 15.7 Å². The average molecular weight is 292 g/mol. The predicted octanol–water partition coefficient (Wildman–Crippen LogP) is 1.08. The molecule has 2 heterocycles. The van der Waals surface area contributed by atoms with Crippen LogP contribution in [0.4, 0.5) is 5.82 Å². The van der Waals surface area contributed by atoms with E-state index in [1.54, 1.807) is 0 Å². The first-order valence-electron chi connectivity index (χ1n) is 7.95. The molecule has 0 bridgehead atoms. The zero-order valence-electron chi connectivity index (χ0n) is 13.0. The second kappa shape index (κ2) is 7.73. The van der Waals surface area contributed by atoms with Crippen molar-refractivity contribution in [1.29, 1.82) is 0 Å². The standard InChI is InChI=1S/C16H28N4O/c1-2-16(17,14-21)7-5-9-19-10-12-20(13-11-19)15-6-3-4-8-18-15/h3-4,6,8,21H,2,5,7,9-14,17H2,1H3. The monoisotopic (exact) mass is 292 g/mol. The van der Waals surface area contributed by atoms with Gasteiger partial charge in [-0.1, -0.05) is 13.0 Å². The molecule has 0 radical (unpaired) electrons. The summed E-state index contributed by atoms with van der Waals surface area (Å²) >= 11 is 0. The molecule has 118 valence electrons. The molecule has 1 fully saturated rings. The van der Waals surface area contributed by atoms with Crippen LogP contribution in [0.2, 0.25) is 0 Å². The number of aliphatic hydroxyl groups excluding tert-OH is 1. The molecule has 0 spiro atoms. The van der Waals surface area contributed by atoms with Gasteiger partial charge in [-0.15, -0.1) is 0 Å². The van der Waals surface area contributed by atoms with Gasteiger partial charge in [-0.3, -0.25) is 4.90 Å². The number of hydrogen-bond acceptors (Lipinski definition) is 5. The molecule has 5 nitrogen and oxygen atoms in total. The fourth-order valence-electron chi connectivity index (χ4n) is 2.76. The fraction of sp³-hybridized carbons (Fsp3) is 0.688. The zero-order valence-corrected chi connectivity index (χ0v) is 13.0. The summed E-state index contributed by atoms with van der Waals surface area (Å²) in [5.74, 6) is 1.07. The number of aromatic nitrogens is 1. The lowest BCUT2D eigenvalue weighted by molar-refractivity contribution is 0.170. The molecule has 0 aromatic carbocycles.